The molecule has 1 fully saturated rings. The van der Waals surface area contributed by atoms with E-state index in [0.717, 1.165) is 5.92 Å². The monoisotopic (exact) mass is 222 g/mol. The average Bonchev–Trinajstić information content (AvgIpc) is 2.15. The van der Waals surface area contributed by atoms with Crippen molar-refractivity contribution in [2.45, 2.75) is 59.0 Å². The highest BCUT2D eigenvalue weighted by atomic mass is 16.5. The van der Waals surface area contributed by atoms with Crippen molar-refractivity contribution in [3.63, 3.8) is 0 Å². The van der Waals surface area contributed by atoms with Crippen molar-refractivity contribution in [1.29, 1.82) is 0 Å². The van der Waals surface area contributed by atoms with Gasteiger partial charge in [-0.1, -0.05) is 32.4 Å². The summed E-state index contributed by atoms with van der Waals surface area (Å²) in [6.45, 7) is 6.89. The highest BCUT2D eigenvalue weighted by molar-refractivity contribution is 5.14. The summed E-state index contributed by atoms with van der Waals surface area (Å²) in [5.41, 5.74) is 1.96. The highest BCUT2D eigenvalue weighted by Crippen LogP contribution is 2.42. The molecule has 92 valence electrons. The van der Waals surface area contributed by atoms with Gasteiger partial charge in [-0.3, -0.25) is 0 Å². The summed E-state index contributed by atoms with van der Waals surface area (Å²) < 4.78 is 5.77. The van der Waals surface area contributed by atoms with Crippen LogP contribution >= 0.6 is 0 Å². The van der Waals surface area contributed by atoms with Crippen LogP contribution < -0.4 is 0 Å². The molecule has 0 N–H and O–H groups in total. The first-order valence-corrected chi connectivity index (χ1v) is 6.73. The molecule has 1 heteroatoms. The van der Waals surface area contributed by atoms with E-state index in [9.17, 15) is 0 Å². The lowest BCUT2D eigenvalue weighted by Gasteiger charge is -2.40. The SMILES string of the molecule is COC(C1C=C2CCCC(C2)C1)C(C)(C)C. The Labute approximate surface area is 100 Å². The van der Waals surface area contributed by atoms with Crippen molar-refractivity contribution in [3.05, 3.63) is 11.6 Å². The molecule has 3 atom stereocenters. The summed E-state index contributed by atoms with van der Waals surface area (Å²) >= 11 is 0. The second-order valence-corrected chi connectivity index (χ2v) is 6.71. The van der Waals surface area contributed by atoms with Crippen molar-refractivity contribution < 1.29 is 4.74 Å². The third-order valence-electron chi connectivity index (χ3n) is 4.21. The van der Waals surface area contributed by atoms with Crippen LogP contribution in [0.1, 0.15) is 52.9 Å². The van der Waals surface area contributed by atoms with Gasteiger partial charge in [0.1, 0.15) is 0 Å². The molecule has 0 aromatic heterocycles. The van der Waals surface area contributed by atoms with E-state index in [2.05, 4.69) is 26.8 Å². The molecule has 1 nitrogen and oxygen atoms in total. The quantitative estimate of drug-likeness (QED) is 0.637. The van der Waals surface area contributed by atoms with Crippen LogP contribution in [0.4, 0.5) is 0 Å². The van der Waals surface area contributed by atoms with E-state index >= 15 is 0 Å². The molecule has 2 rings (SSSR count). The lowest BCUT2D eigenvalue weighted by atomic mass is 9.69. The van der Waals surface area contributed by atoms with E-state index in [0.29, 0.717) is 12.0 Å². The van der Waals surface area contributed by atoms with Gasteiger partial charge in [-0.15, -0.1) is 0 Å². The molecule has 0 radical (unpaired) electrons. The topological polar surface area (TPSA) is 9.23 Å². The van der Waals surface area contributed by atoms with Gasteiger partial charge < -0.3 is 4.74 Å². The fourth-order valence-electron chi connectivity index (χ4n) is 3.68. The Morgan fingerprint density at radius 2 is 2.12 bits per heavy atom. The minimum absolute atomic E-state index is 0.252. The maximum Gasteiger partial charge on any atom is 0.0682 e. The van der Waals surface area contributed by atoms with E-state index in [-0.39, 0.29) is 5.41 Å². The molecule has 1 saturated carbocycles. The number of hydrogen-bond donors (Lipinski definition) is 0. The number of ether oxygens (including phenoxy) is 1. The zero-order valence-corrected chi connectivity index (χ0v) is 11.3. The lowest BCUT2D eigenvalue weighted by Crippen LogP contribution is -2.37. The Hall–Kier alpha value is -0.300. The van der Waals surface area contributed by atoms with Gasteiger partial charge >= 0.3 is 0 Å². The van der Waals surface area contributed by atoms with Crippen LogP contribution in [0.25, 0.3) is 0 Å². The van der Waals surface area contributed by atoms with Gasteiger partial charge in [0.05, 0.1) is 6.10 Å². The molecule has 0 spiro atoms. The maximum absolute atomic E-state index is 5.77. The average molecular weight is 222 g/mol. The van der Waals surface area contributed by atoms with Crippen molar-refractivity contribution in [1.82, 2.24) is 0 Å². The molecule has 0 heterocycles. The summed E-state index contributed by atoms with van der Waals surface area (Å²) in [6, 6.07) is 0. The molecule has 0 amide bonds. The van der Waals surface area contributed by atoms with Gasteiger partial charge in [0.15, 0.2) is 0 Å². The van der Waals surface area contributed by atoms with E-state index in [4.69, 9.17) is 4.74 Å². The summed E-state index contributed by atoms with van der Waals surface area (Å²) in [5.74, 6) is 1.60. The minimum atomic E-state index is 0.252. The third kappa shape index (κ3) is 2.51. The van der Waals surface area contributed by atoms with Gasteiger partial charge in [0.2, 0.25) is 0 Å². The highest BCUT2D eigenvalue weighted by Gasteiger charge is 2.36. The lowest BCUT2D eigenvalue weighted by molar-refractivity contribution is -0.0224. The van der Waals surface area contributed by atoms with Gasteiger partial charge in [0, 0.05) is 13.0 Å². The largest absolute Gasteiger partial charge is 0.380 e. The van der Waals surface area contributed by atoms with Crippen LogP contribution in [0.15, 0.2) is 11.6 Å². The van der Waals surface area contributed by atoms with E-state index in [1.54, 1.807) is 5.57 Å². The predicted octanol–water partition coefficient (Wildman–Crippen LogP) is 4.18. The molecule has 16 heavy (non-hydrogen) atoms. The molecule has 3 unspecified atom stereocenters. The Kier molecular flexibility index (Phi) is 3.44. The standard InChI is InChI=1S/C15H26O/c1-15(2,3)14(16-4)13-9-11-6-5-7-12(8-11)10-13/h9,12-14H,5-8,10H2,1-4H3. The van der Waals surface area contributed by atoms with E-state index in [1.165, 1.54) is 32.1 Å². The molecule has 0 aromatic carbocycles. The Morgan fingerprint density at radius 3 is 2.69 bits per heavy atom. The first kappa shape index (κ1) is 12.2. The second kappa shape index (κ2) is 4.52. The summed E-state index contributed by atoms with van der Waals surface area (Å²) in [4.78, 5) is 0. The Bertz CT molecular complexity index is 272. The smallest absolute Gasteiger partial charge is 0.0682 e. The molecular weight excluding hydrogens is 196 g/mol. The van der Waals surface area contributed by atoms with E-state index < -0.39 is 0 Å². The fraction of sp³-hybridized carbons (Fsp3) is 0.867. The Balaban J connectivity index is 2.14. The van der Waals surface area contributed by atoms with Gasteiger partial charge in [0.25, 0.3) is 0 Å². The van der Waals surface area contributed by atoms with Crippen LogP contribution in [-0.4, -0.2) is 13.2 Å². The number of rotatable bonds is 2. The number of fused-ring (bicyclic) bond motifs is 2. The number of allylic oxidation sites excluding steroid dienone is 1. The molecule has 0 aromatic rings. The molecule has 0 saturated heterocycles. The zero-order chi connectivity index (χ0) is 11.8. The zero-order valence-electron chi connectivity index (χ0n) is 11.3. The van der Waals surface area contributed by atoms with Crippen LogP contribution in [-0.2, 0) is 4.74 Å². The third-order valence-corrected chi connectivity index (χ3v) is 4.21. The van der Waals surface area contributed by atoms with Crippen LogP contribution in [0.5, 0.6) is 0 Å². The Morgan fingerprint density at radius 1 is 1.38 bits per heavy atom. The second-order valence-electron chi connectivity index (χ2n) is 6.71. The summed E-state index contributed by atoms with van der Waals surface area (Å²) in [7, 11) is 1.87. The number of methoxy groups -OCH3 is 1. The van der Waals surface area contributed by atoms with E-state index in [1.807, 2.05) is 7.11 Å². The van der Waals surface area contributed by atoms with Gasteiger partial charge in [-0.2, -0.15) is 0 Å². The molecule has 2 bridgehead atoms. The summed E-state index contributed by atoms with van der Waals surface area (Å²) in [5, 5.41) is 0. The van der Waals surface area contributed by atoms with Crippen molar-refractivity contribution in [2.24, 2.45) is 17.3 Å². The van der Waals surface area contributed by atoms with Crippen molar-refractivity contribution in [3.8, 4) is 0 Å². The predicted molar refractivity (Wildman–Crippen MR) is 68.4 cm³/mol. The van der Waals surface area contributed by atoms with Gasteiger partial charge in [-0.05, 0) is 43.4 Å². The molecule has 2 aliphatic carbocycles. The van der Waals surface area contributed by atoms with Crippen LogP contribution in [0, 0.1) is 17.3 Å². The molecular formula is C15H26O. The molecule has 2 aliphatic rings. The van der Waals surface area contributed by atoms with Crippen LogP contribution in [0.3, 0.4) is 0 Å². The summed E-state index contributed by atoms with van der Waals surface area (Å²) in [6.07, 6.45) is 9.83. The van der Waals surface area contributed by atoms with Crippen LogP contribution in [0.2, 0.25) is 0 Å². The van der Waals surface area contributed by atoms with Crippen molar-refractivity contribution >= 4 is 0 Å². The number of hydrogen-bond acceptors (Lipinski definition) is 1. The van der Waals surface area contributed by atoms with Crippen molar-refractivity contribution in [2.75, 3.05) is 7.11 Å². The minimum Gasteiger partial charge on any atom is -0.380 e. The van der Waals surface area contributed by atoms with Gasteiger partial charge in [-0.25, -0.2) is 0 Å². The first-order chi connectivity index (χ1) is 7.50. The first-order valence-electron chi connectivity index (χ1n) is 6.73. The fourth-order valence-corrected chi connectivity index (χ4v) is 3.68. The normalized spacial score (nSPS) is 32.1. The maximum atomic E-state index is 5.77. The molecule has 0 aliphatic heterocycles.